The highest BCUT2D eigenvalue weighted by atomic mass is 15.1. The molecule has 70 valence electrons. The van der Waals surface area contributed by atoms with Gasteiger partial charge in [-0.25, -0.2) is 0 Å². The van der Waals surface area contributed by atoms with Crippen molar-refractivity contribution >= 4 is 5.69 Å². The molecule has 0 saturated carbocycles. The van der Waals surface area contributed by atoms with E-state index in [0.717, 1.165) is 13.0 Å². The van der Waals surface area contributed by atoms with Crippen LogP contribution in [-0.4, -0.2) is 13.6 Å². The minimum atomic E-state index is 1.03. The smallest absolute Gasteiger partial charge is 0.0363 e. The van der Waals surface area contributed by atoms with E-state index in [1.807, 2.05) is 6.08 Å². The lowest BCUT2D eigenvalue weighted by atomic mass is 10.2. The molecule has 0 aliphatic carbocycles. The summed E-state index contributed by atoms with van der Waals surface area (Å²) in [6, 6.07) is 8.58. The van der Waals surface area contributed by atoms with Crippen LogP contribution in [0.25, 0.3) is 0 Å². The fraction of sp³-hybridized carbons (Fsp3) is 0.333. The van der Waals surface area contributed by atoms with Gasteiger partial charge in [0.1, 0.15) is 0 Å². The topological polar surface area (TPSA) is 3.24 Å². The lowest BCUT2D eigenvalue weighted by Gasteiger charge is -2.18. The largest absolute Gasteiger partial charge is 0.374 e. The van der Waals surface area contributed by atoms with Gasteiger partial charge in [-0.15, -0.1) is 6.58 Å². The molecule has 0 unspecified atom stereocenters. The molecule has 0 aliphatic heterocycles. The van der Waals surface area contributed by atoms with Gasteiger partial charge in [0.15, 0.2) is 0 Å². The number of hydrogen-bond acceptors (Lipinski definition) is 1. The molecule has 0 bridgehead atoms. The summed E-state index contributed by atoms with van der Waals surface area (Å²) in [5, 5.41) is 0. The van der Waals surface area contributed by atoms with Gasteiger partial charge in [0.05, 0.1) is 0 Å². The van der Waals surface area contributed by atoms with Gasteiger partial charge in [0.25, 0.3) is 0 Å². The van der Waals surface area contributed by atoms with Crippen LogP contribution in [0.15, 0.2) is 36.9 Å². The fourth-order valence-corrected chi connectivity index (χ4v) is 1.21. The molecule has 0 aliphatic rings. The number of hydrogen-bond donors (Lipinski definition) is 0. The molecule has 0 saturated heterocycles. The second kappa shape index (κ2) is 4.70. The zero-order chi connectivity index (χ0) is 9.68. The van der Waals surface area contributed by atoms with Crippen molar-refractivity contribution in [1.29, 1.82) is 0 Å². The predicted octanol–water partition coefficient (Wildman–Crippen LogP) is 3.01. The molecule has 1 aromatic carbocycles. The molecule has 0 amide bonds. The number of rotatable bonds is 4. The maximum Gasteiger partial charge on any atom is 0.0363 e. The first-order chi connectivity index (χ1) is 6.24. The maximum absolute atomic E-state index is 3.71. The summed E-state index contributed by atoms with van der Waals surface area (Å²) in [6.45, 7) is 6.85. The quantitative estimate of drug-likeness (QED) is 0.636. The second-order valence-corrected chi connectivity index (χ2v) is 3.33. The molecule has 1 aromatic rings. The molecule has 0 radical (unpaired) electrons. The first-order valence-corrected chi connectivity index (χ1v) is 4.62. The average molecular weight is 175 g/mol. The molecule has 0 fully saturated rings. The van der Waals surface area contributed by atoms with Crippen molar-refractivity contribution in [1.82, 2.24) is 0 Å². The molecule has 0 N–H and O–H groups in total. The monoisotopic (exact) mass is 175 g/mol. The van der Waals surface area contributed by atoms with Crippen LogP contribution in [0.2, 0.25) is 0 Å². The molecule has 0 heterocycles. The Hall–Kier alpha value is -1.24. The third-order valence-corrected chi connectivity index (χ3v) is 2.14. The third-order valence-electron chi connectivity index (χ3n) is 2.14. The molecule has 0 atom stereocenters. The first-order valence-electron chi connectivity index (χ1n) is 4.62. The molecule has 13 heavy (non-hydrogen) atoms. The van der Waals surface area contributed by atoms with Gasteiger partial charge in [-0.05, 0) is 25.5 Å². The number of benzene rings is 1. The molecule has 1 rings (SSSR count). The Bertz CT molecular complexity index is 261. The van der Waals surface area contributed by atoms with E-state index in [1.54, 1.807) is 0 Å². The van der Waals surface area contributed by atoms with Crippen LogP contribution in [0.1, 0.15) is 12.0 Å². The van der Waals surface area contributed by atoms with E-state index in [4.69, 9.17) is 0 Å². The van der Waals surface area contributed by atoms with Crippen LogP contribution in [0.5, 0.6) is 0 Å². The van der Waals surface area contributed by atoms with Gasteiger partial charge in [-0.1, -0.05) is 23.8 Å². The van der Waals surface area contributed by atoms with E-state index < -0.39 is 0 Å². The van der Waals surface area contributed by atoms with Crippen molar-refractivity contribution in [3.05, 3.63) is 42.5 Å². The lowest BCUT2D eigenvalue weighted by molar-refractivity contribution is 0.900. The summed E-state index contributed by atoms with van der Waals surface area (Å²) in [5.41, 5.74) is 2.58. The van der Waals surface area contributed by atoms with Crippen LogP contribution in [-0.2, 0) is 0 Å². The summed E-state index contributed by atoms with van der Waals surface area (Å²) in [7, 11) is 2.11. The van der Waals surface area contributed by atoms with Gasteiger partial charge in [-0.2, -0.15) is 0 Å². The Morgan fingerprint density at radius 1 is 1.31 bits per heavy atom. The molecule has 1 nitrogen and oxygen atoms in total. The zero-order valence-electron chi connectivity index (χ0n) is 8.46. The molecular formula is C12H17N. The number of nitrogens with zero attached hydrogens (tertiary/aromatic N) is 1. The maximum atomic E-state index is 3.71. The molecule has 1 heteroatoms. The second-order valence-electron chi connectivity index (χ2n) is 3.33. The lowest BCUT2D eigenvalue weighted by Crippen LogP contribution is -2.17. The predicted molar refractivity (Wildman–Crippen MR) is 59.3 cm³/mol. The summed E-state index contributed by atoms with van der Waals surface area (Å²) < 4.78 is 0. The number of aryl methyl sites for hydroxylation is 1. The number of anilines is 1. The highest BCUT2D eigenvalue weighted by molar-refractivity contribution is 5.46. The Kier molecular flexibility index (Phi) is 3.56. The highest BCUT2D eigenvalue weighted by Crippen LogP contribution is 2.13. The minimum Gasteiger partial charge on any atom is -0.374 e. The van der Waals surface area contributed by atoms with E-state index in [-0.39, 0.29) is 0 Å². The van der Waals surface area contributed by atoms with Gasteiger partial charge in [-0.3, -0.25) is 0 Å². The van der Waals surface area contributed by atoms with E-state index in [0.29, 0.717) is 0 Å². The first kappa shape index (κ1) is 9.85. The normalized spacial score (nSPS) is 9.69. The van der Waals surface area contributed by atoms with E-state index in [1.165, 1.54) is 11.3 Å². The standard InChI is InChI=1S/C12H17N/c1-4-5-10-13(3)12-8-6-11(2)7-9-12/h4,6-9H,1,5,10H2,2-3H3. The summed E-state index contributed by atoms with van der Waals surface area (Å²) in [4.78, 5) is 2.24. The van der Waals surface area contributed by atoms with E-state index in [2.05, 4.69) is 49.7 Å². The van der Waals surface area contributed by atoms with Gasteiger partial charge in [0.2, 0.25) is 0 Å². The molecular weight excluding hydrogens is 158 g/mol. The van der Waals surface area contributed by atoms with Crippen LogP contribution in [0.3, 0.4) is 0 Å². The Morgan fingerprint density at radius 2 is 1.92 bits per heavy atom. The Balaban J connectivity index is 2.60. The summed E-state index contributed by atoms with van der Waals surface area (Å²) in [5.74, 6) is 0. The van der Waals surface area contributed by atoms with Gasteiger partial charge < -0.3 is 4.90 Å². The Morgan fingerprint density at radius 3 is 2.46 bits per heavy atom. The van der Waals surface area contributed by atoms with Crippen LogP contribution in [0.4, 0.5) is 5.69 Å². The van der Waals surface area contributed by atoms with E-state index in [9.17, 15) is 0 Å². The molecule has 0 aromatic heterocycles. The van der Waals surface area contributed by atoms with Crippen molar-refractivity contribution in [3.8, 4) is 0 Å². The highest BCUT2D eigenvalue weighted by Gasteiger charge is 1.97. The van der Waals surface area contributed by atoms with Crippen molar-refractivity contribution < 1.29 is 0 Å². The Labute approximate surface area is 80.7 Å². The minimum absolute atomic E-state index is 1.03. The summed E-state index contributed by atoms with van der Waals surface area (Å²) >= 11 is 0. The SMILES string of the molecule is C=CCCN(C)c1ccc(C)cc1. The fourth-order valence-electron chi connectivity index (χ4n) is 1.21. The summed E-state index contributed by atoms with van der Waals surface area (Å²) in [6.07, 6.45) is 2.98. The van der Waals surface area contributed by atoms with Crippen molar-refractivity contribution in [2.45, 2.75) is 13.3 Å². The average Bonchev–Trinajstić information content (AvgIpc) is 2.15. The zero-order valence-corrected chi connectivity index (χ0v) is 8.46. The van der Waals surface area contributed by atoms with Gasteiger partial charge in [0, 0.05) is 19.3 Å². The molecule has 0 spiro atoms. The van der Waals surface area contributed by atoms with Crippen molar-refractivity contribution in [2.24, 2.45) is 0 Å². The third kappa shape index (κ3) is 2.94. The van der Waals surface area contributed by atoms with Crippen molar-refractivity contribution in [3.63, 3.8) is 0 Å². The van der Waals surface area contributed by atoms with Crippen LogP contribution >= 0.6 is 0 Å². The van der Waals surface area contributed by atoms with Gasteiger partial charge >= 0.3 is 0 Å². The van der Waals surface area contributed by atoms with Crippen LogP contribution in [0, 0.1) is 6.92 Å². The van der Waals surface area contributed by atoms with Crippen LogP contribution < -0.4 is 4.90 Å². The van der Waals surface area contributed by atoms with Crippen molar-refractivity contribution in [2.75, 3.05) is 18.5 Å². The van der Waals surface area contributed by atoms with E-state index >= 15 is 0 Å².